The molecule has 0 aliphatic heterocycles. The van der Waals surface area contributed by atoms with E-state index < -0.39 is 0 Å². The van der Waals surface area contributed by atoms with Crippen molar-refractivity contribution >= 4 is 38.9 Å². The maximum atomic E-state index is 5.99. The van der Waals surface area contributed by atoms with E-state index in [0.717, 1.165) is 35.7 Å². The molecular formula is C15H18BrClN2S. The van der Waals surface area contributed by atoms with Crippen molar-refractivity contribution in [2.75, 3.05) is 20.1 Å². The highest BCUT2D eigenvalue weighted by molar-refractivity contribution is 9.10. The van der Waals surface area contributed by atoms with Gasteiger partial charge < -0.3 is 10.2 Å². The zero-order chi connectivity index (χ0) is 14.4. The predicted octanol–water partition coefficient (Wildman–Crippen LogP) is 4.39. The summed E-state index contributed by atoms with van der Waals surface area (Å²) in [5, 5.41) is 6.38. The van der Waals surface area contributed by atoms with E-state index in [-0.39, 0.29) is 0 Å². The van der Waals surface area contributed by atoms with Crippen molar-refractivity contribution in [2.45, 2.75) is 13.1 Å². The van der Waals surface area contributed by atoms with Gasteiger partial charge in [0.2, 0.25) is 0 Å². The normalized spacial score (nSPS) is 11.2. The molecule has 1 N–H and O–H groups in total. The molecule has 2 rings (SSSR count). The van der Waals surface area contributed by atoms with Gasteiger partial charge in [-0.1, -0.05) is 23.7 Å². The van der Waals surface area contributed by atoms with Crippen LogP contribution in [0.1, 0.15) is 10.4 Å². The van der Waals surface area contributed by atoms with Crippen molar-refractivity contribution in [3.8, 4) is 0 Å². The number of nitrogens with one attached hydrogen (secondary N) is 1. The summed E-state index contributed by atoms with van der Waals surface area (Å²) in [6.45, 7) is 3.85. The Kier molecular flexibility index (Phi) is 6.52. The lowest BCUT2D eigenvalue weighted by Gasteiger charge is -2.17. The predicted molar refractivity (Wildman–Crippen MR) is 91.5 cm³/mol. The summed E-state index contributed by atoms with van der Waals surface area (Å²) in [6, 6.07) is 10.2. The molecule has 0 fully saturated rings. The second-order valence-corrected chi connectivity index (χ2v) is 7.12. The fourth-order valence-electron chi connectivity index (χ4n) is 1.95. The molecule has 108 valence electrons. The maximum absolute atomic E-state index is 5.99. The molecule has 0 atom stereocenters. The van der Waals surface area contributed by atoms with Crippen LogP contribution in [0.3, 0.4) is 0 Å². The molecule has 0 bridgehead atoms. The van der Waals surface area contributed by atoms with Crippen molar-refractivity contribution < 1.29 is 0 Å². The van der Waals surface area contributed by atoms with E-state index in [1.165, 1.54) is 10.4 Å². The minimum atomic E-state index is 0.803. The number of likely N-dealkylation sites (N-methyl/N-ethyl adjacent to an activating group) is 1. The molecule has 0 aliphatic rings. The second-order valence-electron chi connectivity index (χ2n) is 4.78. The van der Waals surface area contributed by atoms with Crippen molar-refractivity contribution in [1.82, 2.24) is 10.2 Å². The lowest BCUT2D eigenvalue weighted by Crippen LogP contribution is -2.28. The molecule has 0 amide bonds. The van der Waals surface area contributed by atoms with Crippen LogP contribution in [0, 0.1) is 0 Å². The van der Waals surface area contributed by atoms with Gasteiger partial charge in [-0.2, -0.15) is 0 Å². The minimum Gasteiger partial charge on any atom is -0.311 e. The first kappa shape index (κ1) is 16.0. The zero-order valence-corrected chi connectivity index (χ0v) is 14.6. The summed E-state index contributed by atoms with van der Waals surface area (Å²) < 4.78 is 1.16. The van der Waals surface area contributed by atoms with Gasteiger partial charge in [0, 0.05) is 45.9 Å². The van der Waals surface area contributed by atoms with Crippen LogP contribution in [-0.4, -0.2) is 25.0 Å². The number of hydrogen-bond donors (Lipinski definition) is 1. The topological polar surface area (TPSA) is 15.3 Å². The van der Waals surface area contributed by atoms with Gasteiger partial charge in [-0.15, -0.1) is 11.3 Å². The lowest BCUT2D eigenvalue weighted by atomic mass is 10.2. The van der Waals surface area contributed by atoms with Gasteiger partial charge in [0.25, 0.3) is 0 Å². The monoisotopic (exact) mass is 372 g/mol. The molecule has 5 heteroatoms. The maximum Gasteiger partial charge on any atom is 0.0409 e. The minimum absolute atomic E-state index is 0.803. The van der Waals surface area contributed by atoms with Gasteiger partial charge in [-0.05, 0) is 46.7 Å². The van der Waals surface area contributed by atoms with Crippen LogP contribution in [-0.2, 0) is 13.1 Å². The Balaban J connectivity index is 1.66. The van der Waals surface area contributed by atoms with E-state index in [4.69, 9.17) is 11.6 Å². The van der Waals surface area contributed by atoms with Gasteiger partial charge in [0.05, 0.1) is 0 Å². The first-order valence-corrected chi connectivity index (χ1v) is 8.55. The second kappa shape index (κ2) is 8.15. The number of benzene rings is 1. The summed E-state index contributed by atoms with van der Waals surface area (Å²) >= 11 is 11.2. The SMILES string of the molecule is CN(CCNCc1cc(Br)cs1)Cc1cccc(Cl)c1. The quantitative estimate of drug-likeness (QED) is 0.724. The van der Waals surface area contributed by atoms with Gasteiger partial charge in [-0.25, -0.2) is 0 Å². The van der Waals surface area contributed by atoms with E-state index in [2.05, 4.69) is 50.7 Å². The van der Waals surface area contributed by atoms with Crippen molar-refractivity contribution in [3.63, 3.8) is 0 Å². The molecule has 20 heavy (non-hydrogen) atoms. The summed E-state index contributed by atoms with van der Waals surface area (Å²) in [5.74, 6) is 0. The smallest absolute Gasteiger partial charge is 0.0409 e. The summed E-state index contributed by atoms with van der Waals surface area (Å²) in [6.07, 6.45) is 0. The molecule has 1 heterocycles. The van der Waals surface area contributed by atoms with Crippen LogP contribution < -0.4 is 5.32 Å². The molecule has 0 aliphatic carbocycles. The van der Waals surface area contributed by atoms with Crippen molar-refractivity contribution in [1.29, 1.82) is 0 Å². The summed E-state index contributed by atoms with van der Waals surface area (Å²) in [7, 11) is 2.13. The van der Waals surface area contributed by atoms with E-state index in [0.29, 0.717) is 0 Å². The third kappa shape index (κ3) is 5.54. The Morgan fingerprint density at radius 2 is 2.20 bits per heavy atom. The van der Waals surface area contributed by atoms with Gasteiger partial charge in [-0.3, -0.25) is 0 Å². The molecule has 0 saturated heterocycles. The Labute approximate surface area is 137 Å². The Morgan fingerprint density at radius 3 is 2.90 bits per heavy atom. The van der Waals surface area contributed by atoms with E-state index in [1.54, 1.807) is 11.3 Å². The molecular weight excluding hydrogens is 356 g/mol. The third-order valence-corrected chi connectivity index (χ3v) is 4.87. The number of hydrogen-bond acceptors (Lipinski definition) is 3. The Hall–Kier alpha value is -0.390. The largest absolute Gasteiger partial charge is 0.311 e. The molecule has 2 nitrogen and oxygen atoms in total. The highest BCUT2D eigenvalue weighted by Gasteiger charge is 2.01. The first-order valence-electron chi connectivity index (χ1n) is 6.50. The molecule has 0 spiro atoms. The standard InChI is InChI=1S/C15H18BrClN2S/c1-19(10-12-3-2-4-14(17)7-12)6-5-18-9-15-8-13(16)11-20-15/h2-4,7-8,11,18H,5-6,9-10H2,1H3. The van der Waals surface area contributed by atoms with Crippen LogP contribution >= 0.6 is 38.9 Å². The molecule has 2 aromatic rings. The van der Waals surface area contributed by atoms with E-state index in [9.17, 15) is 0 Å². The van der Waals surface area contributed by atoms with Crippen molar-refractivity contribution in [3.05, 3.63) is 55.6 Å². The third-order valence-electron chi connectivity index (χ3n) is 2.93. The fraction of sp³-hybridized carbons (Fsp3) is 0.333. The average Bonchev–Trinajstić information content (AvgIpc) is 2.80. The zero-order valence-electron chi connectivity index (χ0n) is 11.4. The van der Waals surface area contributed by atoms with Crippen LogP contribution in [0.15, 0.2) is 40.2 Å². The summed E-state index contributed by atoms with van der Waals surface area (Å²) in [5.41, 5.74) is 1.25. The Bertz CT molecular complexity index is 544. The number of thiophene rings is 1. The highest BCUT2D eigenvalue weighted by atomic mass is 79.9. The van der Waals surface area contributed by atoms with Crippen LogP contribution in [0.4, 0.5) is 0 Å². The highest BCUT2D eigenvalue weighted by Crippen LogP contribution is 2.19. The average molecular weight is 374 g/mol. The summed E-state index contributed by atoms with van der Waals surface area (Å²) in [4.78, 5) is 3.65. The van der Waals surface area contributed by atoms with Gasteiger partial charge in [0.15, 0.2) is 0 Å². The van der Waals surface area contributed by atoms with Crippen LogP contribution in [0.2, 0.25) is 5.02 Å². The van der Waals surface area contributed by atoms with Crippen molar-refractivity contribution in [2.24, 2.45) is 0 Å². The molecule has 0 radical (unpaired) electrons. The van der Waals surface area contributed by atoms with Crippen LogP contribution in [0.5, 0.6) is 0 Å². The van der Waals surface area contributed by atoms with E-state index >= 15 is 0 Å². The molecule has 1 aromatic carbocycles. The van der Waals surface area contributed by atoms with E-state index in [1.807, 2.05) is 18.2 Å². The lowest BCUT2D eigenvalue weighted by molar-refractivity contribution is 0.324. The first-order chi connectivity index (χ1) is 9.63. The number of rotatable bonds is 7. The fourth-order valence-corrected chi connectivity index (χ4v) is 3.59. The molecule has 0 unspecified atom stereocenters. The molecule has 1 aromatic heterocycles. The number of halogens is 2. The Morgan fingerprint density at radius 1 is 1.35 bits per heavy atom. The van der Waals surface area contributed by atoms with Gasteiger partial charge in [0.1, 0.15) is 0 Å². The van der Waals surface area contributed by atoms with Gasteiger partial charge >= 0.3 is 0 Å². The molecule has 0 saturated carbocycles. The van der Waals surface area contributed by atoms with Crippen LogP contribution in [0.25, 0.3) is 0 Å². The number of nitrogens with zero attached hydrogens (tertiary/aromatic N) is 1.